The van der Waals surface area contributed by atoms with Gasteiger partial charge in [0.2, 0.25) is 0 Å². The third-order valence-electron chi connectivity index (χ3n) is 4.38. The lowest BCUT2D eigenvalue weighted by molar-refractivity contribution is 0.0944. The van der Waals surface area contributed by atoms with Crippen LogP contribution in [0, 0.1) is 18.7 Å². The van der Waals surface area contributed by atoms with Crippen molar-refractivity contribution in [3.63, 3.8) is 0 Å². The van der Waals surface area contributed by atoms with Crippen molar-refractivity contribution in [2.75, 3.05) is 6.54 Å². The standard InChI is InChI=1S/C22H24FN3O/c1-15(2)12-13-24-22(27)21-14-20(18-6-4-5-7-19(18)23)25-26(21)17-10-8-16(3)9-11-17/h4-11,14-15H,12-13H2,1-3H3,(H,24,27). The van der Waals surface area contributed by atoms with E-state index < -0.39 is 0 Å². The highest BCUT2D eigenvalue weighted by Crippen LogP contribution is 2.24. The molecule has 0 saturated heterocycles. The van der Waals surface area contributed by atoms with Crippen LogP contribution in [0.1, 0.15) is 36.3 Å². The van der Waals surface area contributed by atoms with E-state index in [1.54, 1.807) is 28.9 Å². The van der Waals surface area contributed by atoms with Crippen molar-refractivity contribution in [1.82, 2.24) is 15.1 Å². The molecule has 1 amide bonds. The summed E-state index contributed by atoms with van der Waals surface area (Å²) in [5.74, 6) is -0.0783. The summed E-state index contributed by atoms with van der Waals surface area (Å²) < 4.78 is 15.8. The molecule has 0 aliphatic carbocycles. The number of nitrogens with zero attached hydrogens (tertiary/aromatic N) is 2. The van der Waals surface area contributed by atoms with Crippen LogP contribution < -0.4 is 5.32 Å². The quantitative estimate of drug-likeness (QED) is 0.684. The molecule has 3 aromatic rings. The molecule has 0 spiro atoms. The van der Waals surface area contributed by atoms with Crippen molar-refractivity contribution in [1.29, 1.82) is 0 Å². The summed E-state index contributed by atoms with van der Waals surface area (Å²) in [6.07, 6.45) is 0.893. The molecule has 0 fully saturated rings. The molecule has 27 heavy (non-hydrogen) atoms. The number of amides is 1. The van der Waals surface area contributed by atoms with E-state index in [1.807, 2.05) is 31.2 Å². The number of benzene rings is 2. The minimum Gasteiger partial charge on any atom is -0.351 e. The van der Waals surface area contributed by atoms with E-state index in [2.05, 4.69) is 24.3 Å². The minimum absolute atomic E-state index is 0.216. The number of rotatable bonds is 6. The predicted octanol–water partition coefficient (Wildman–Crippen LogP) is 4.76. The first-order valence-corrected chi connectivity index (χ1v) is 9.16. The van der Waals surface area contributed by atoms with Gasteiger partial charge >= 0.3 is 0 Å². The lowest BCUT2D eigenvalue weighted by Gasteiger charge is -2.09. The molecule has 4 nitrogen and oxygen atoms in total. The van der Waals surface area contributed by atoms with Crippen LogP contribution in [0.15, 0.2) is 54.6 Å². The Hall–Kier alpha value is -2.95. The van der Waals surface area contributed by atoms with E-state index in [0.29, 0.717) is 29.4 Å². The summed E-state index contributed by atoms with van der Waals surface area (Å²) in [5.41, 5.74) is 3.07. The molecule has 0 bridgehead atoms. The Kier molecular flexibility index (Phi) is 5.69. The number of carbonyl (C=O) groups excluding carboxylic acids is 1. The highest BCUT2D eigenvalue weighted by Gasteiger charge is 2.19. The maximum Gasteiger partial charge on any atom is 0.270 e. The molecule has 1 N–H and O–H groups in total. The molecule has 0 saturated carbocycles. The third kappa shape index (κ3) is 4.42. The second-order valence-corrected chi connectivity index (χ2v) is 7.08. The molecule has 0 atom stereocenters. The van der Waals surface area contributed by atoms with Gasteiger partial charge in [0.15, 0.2) is 0 Å². The Bertz CT molecular complexity index is 929. The summed E-state index contributed by atoms with van der Waals surface area (Å²) in [6.45, 7) is 6.81. The van der Waals surface area contributed by atoms with Crippen LogP contribution in [-0.2, 0) is 0 Å². The normalized spacial score (nSPS) is 11.0. The van der Waals surface area contributed by atoms with Crippen LogP contribution in [0.4, 0.5) is 4.39 Å². The van der Waals surface area contributed by atoms with Crippen molar-refractivity contribution < 1.29 is 9.18 Å². The number of carbonyl (C=O) groups is 1. The van der Waals surface area contributed by atoms with Gasteiger partial charge in [-0.25, -0.2) is 9.07 Å². The zero-order chi connectivity index (χ0) is 19.4. The van der Waals surface area contributed by atoms with Gasteiger partial charge in [0.25, 0.3) is 5.91 Å². The van der Waals surface area contributed by atoms with Crippen LogP contribution in [0.2, 0.25) is 0 Å². The number of aryl methyl sites for hydroxylation is 1. The summed E-state index contributed by atoms with van der Waals surface area (Å²) in [5, 5.41) is 7.46. The molecule has 0 unspecified atom stereocenters. The maximum atomic E-state index is 14.2. The average Bonchev–Trinajstić information content (AvgIpc) is 3.07. The van der Waals surface area contributed by atoms with Gasteiger partial charge in [-0.05, 0) is 49.6 Å². The molecule has 1 heterocycles. The minimum atomic E-state index is -0.363. The monoisotopic (exact) mass is 365 g/mol. The average molecular weight is 365 g/mol. The fourth-order valence-corrected chi connectivity index (χ4v) is 2.79. The van der Waals surface area contributed by atoms with Crippen molar-refractivity contribution in [2.45, 2.75) is 27.2 Å². The largest absolute Gasteiger partial charge is 0.351 e. The van der Waals surface area contributed by atoms with Gasteiger partial charge < -0.3 is 5.32 Å². The Morgan fingerprint density at radius 2 is 1.85 bits per heavy atom. The second-order valence-electron chi connectivity index (χ2n) is 7.08. The zero-order valence-electron chi connectivity index (χ0n) is 15.9. The van der Waals surface area contributed by atoms with Gasteiger partial charge in [0, 0.05) is 12.1 Å². The fraction of sp³-hybridized carbons (Fsp3) is 0.273. The van der Waals surface area contributed by atoms with Crippen molar-refractivity contribution >= 4 is 5.91 Å². The number of aromatic nitrogens is 2. The fourth-order valence-electron chi connectivity index (χ4n) is 2.79. The number of hydrogen-bond acceptors (Lipinski definition) is 2. The van der Waals surface area contributed by atoms with E-state index in [1.165, 1.54) is 6.07 Å². The first-order valence-electron chi connectivity index (χ1n) is 9.16. The van der Waals surface area contributed by atoms with E-state index >= 15 is 0 Å². The molecule has 1 aromatic heterocycles. The van der Waals surface area contributed by atoms with Crippen LogP contribution in [-0.4, -0.2) is 22.2 Å². The maximum absolute atomic E-state index is 14.2. The van der Waals surface area contributed by atoms with Gasteiger partial charge in [-0.2, -0.15) is 5.10 Å². The molecule has 2 aromatic carbocycles. The Morgan fingerprint density at radius 3 is 2.52 bits per heavy atom. The summed E-state index contributed by atoms with van der Waals surface area (Å²) in [6, 6.07) is 15.8. The molecule has 3 rings (SSSR count). The molecule has 5 heteroatoms. The van der Waals surface area contributed by atoms with E-state index in [9.17, 15) is 9.18 Å². The van der Waals surface area contributed by atoms with Gasteiger partial charge in [0.1, 0.15) is 11.5 Å². The summed E-state index contributed by atoms with van der Waals surface area (Å²) in [4.78, 5) is 12.8. The number of nitrogens with one attached hydrogen (secondary N) is 1. The SMILES string of the molecule is Cc1ccc(-n2nc(-c3ccccc3F)cc2C(=O)NCCC(C)C)cc1. The van der Waals surface area contributed by atoms with E-state index in [0.717, 1.165) is 17.7 Å². The molecule has 0 aliphatic heterocycles. The lowest BCUT2D eigenvalue weighted by Crippen LogP contribution is -2.27. The topological polar surface area (TPSA) is 46.9 Å². The summed E-state index contributed by atoms with van der Waals surface area (Å²) >= 11 is 0. The molecule has 0 radical (unpaired) electrons. The molecular weight excluding hydrogens is 341 g/mol. The summed E-state index contributed by atoms with van der Waals surface area (Å²) in [7, 11) is 0. The number of hydrogen-bond donors (Lipinski definition) is 1. The van der Waals surface area contributed by atoms with Crippen molar-refractivity contribution in [3.05, 3.63) is 71.7 Å². The molecule has 0 aliphatic rings. The van der Waals surface area contributed by atoms with Gasteiger partial charge in [-0.15, -0.1) is 0 Å². The Morgan fingerprint density at radius 1 is 1.15 bits per heavy atom. The van der Waals surface area contributed by atoms with Crippen LogP contribution >= 0.6 is 0 Å². The van der Waals surface area contributed by atoms with Gasteiger partial charge in [-0.1, -0.05) is 43.7 Å². The molecule has 140 valence electrons. The highest BCUT2D eigenvalue weighted by molar-refractivity contribution is 5.94. The van der Waals surface area contributed by atoms with Crippen LogP contribution in [0.3, 0.4) is 0 Å². The van der Waals surface area contributed by atoms with Crippen LogP contribution in [0.25, 0.3) is 16.9 Å². The smallest absolute Gasteiger partial charge is 0.270 e. The van der Waals surface area contributed by atoms with Crippen molar-refractivity contribution in [3.8, 4) is 16.9 Å². The van der Waals surface area contributed by atoms with Gasteiger partial charge in [-0.3, -0.25) is 4.79 Å². The first kappa shape index (κ1) is 18.8. The van der Waals surface area contributed by atoms with Gasteiger partial charge in [0.05, 0.1) is 11.4 Å². The van der Waals surface area contributed by atoms with Crippen LogP contribution in [0.5, 0.6) is 0 Å². The first-order chi connectivity index (χ1) is 13.0. The number of halogens is 1. The Labute approximate surface area is 159 Å². The zero-order valence-corrected chi connectivity index (χ0v) is 15.9. The van der Waals surface area contributed by atoms with E-state index in [-0.39, 0.29) is 11.7 Å². The molecular formula is C22H24FN3O. The lowest BCUT2D eigenvalue weighted by atomic mass is 10.1. The van der Waals surface area contributed by atoms with E-state index in [4.69, 9.17) is 0 Å². The second kappa shape index (κ2) is 8.16. The third-order valence-corrected chi connectivity index (χ3v) is 4.38. The highest BCUT2D eigenvalue weighted by atomic mass is 19.1. The Balaban J connectivity index is 2.00. The van der Waals surface area contributed by atoms with Crippen molar-refractivity contribution in [2.24, 2.45) is 5.92 Å². The predicted molar refractivity (Wildman–Crippen MR) is 105 cm³/mol.